The number of hydrogen-bond acceptors (Lipinski definition) is 1. The quantitative estimate of drug-likeness (QED) is 0.830. The average molecular weight is 242 g/mol. The number of rotatable bonds is 2. The Hall–Kier alpha value is -0.600. The summed E-state index contributed by atoms with van der Waals surface area (Å²) in [7, 11) is 0. The van der Waals surface area contributed by atoms with Crippen molar-refractivity contribution >= 4 is 11.6 Å². The molecular formula is C13H17ClFN. The third-order valence-corrected chi connectivity index (χ3v) is 3.79. The molecule has 0 bridgehead atoms. The van der Waals surface area contributed by atoms with Gasteiger partial charge >= 0.3 is 0 Å². The van der Waals surface area contributed by atoms with Crippen molar-refractivity contribution < 1.29 is 4.39 Å². The topological polar surface area (TPSA) is 26.0 Å². The van der Waals surface area contributed by atoms with Crippen LogP contribution in [0.5, 0.6) is 0 Å². The summed E-state index contributed by atoms with van der Waals surface area (Å²) < 4.78 is 13.8. The fourth-order valence-electron chi connectivity index (χ4n) is 2.53. The van der Waals surface area contributed by atoms with Gasteiger partial charge in [0.1, 0.15) is 5.82 Å². The monoisotopic (exact) mass is 241 g/mol. The Labute approximate surface area is 101 Å². The Kier molecular flexibility index (Phi) is 3.82. The van der Waals surface area contributed by atoms with E-state index in [9.17, 15) is 4.39 Å². The first kappa shape index (κ1) is 11.9. The third kappa shape index (κ3) is 2.38. The largest absolute Gasteiger partial charge is 0.324 e. The second-order valence-corrected chi connectivity index (χ2v) is 4.97. The van der Waals surface area contributed by atoms with Crippen LogP contribution in [0.4, 0.5) is 4.39 Å². The predicted octanol–water partition coefficient (Wildman–Crippen LogP) is 4.06. The van der Waals surface area contributed by atoms with Crippen LogP contribution in [-0.4, -0.2) is 0 Å². The van der Waals surface area contributed by atoms with Crippen molar-refractivity contribution in [3.8, 4) is 0 Å². The molecule has 1 aromatic rings. The summed E-state index contributed by atoms with van der Waals surface area (Å²) in [4.78, 5) is 0. The maximum Gasteiger partial charge on any atom is 0.146 e. The van der Waals surface area contributed by atoms with E-state index in [0.717, 1.165) is 12.8 Å². The molecule has 0 aliphatic heterocycles. The van der Waals surface area contributed by atoms with Crippen LogP contribution in [-0.2, 0) is 0 Å². The summed E-state index contributed by atoms with van der Waals surface area (Å²) in [6, 6.07) is 4.87. The lowest BCUT2D eigenvalue weighted by Crippen LogP contribution is -2.24. The van der Waals surface area contributed by atoms with E-state index in [4.69, 9.17) is 17.3 Å². The molecule has 1 saturated carbocycles. The average Bonchev–Trinajstić information content (AvgIpc) is 2.33. The maximum atomic E-state index is 13.8. The highest BCUT2D eigenvalue weighted by molar-refractivity contribution is 6.30. The highest BCUT2D eigenvalue weighted by atomic mass is 35.5. The molecule has 1 atom stereocenters. The lowest BCUT2D eigenvalue weighted by atomic mass is 9.81. The Morgan fingerprint density at radius 1 is 1.25 bits per heavy atom. The van der Waals surface area contributed by atoms with Crippen LogP contribution in [0.1, 0.15) is 43.7 Å². The molecule has 0 saturated heterocycles. The van der Waals surface area contributed by atoms with Gasteiger partial charge in [-0.15, -0.1) is 0 Å². The molecule has 88 valence electrons. The van der Waals surface area contributed by atoms with E-state index in [-0.39, 0.29) is 16.9 Å². The first-order chi connectivity index (χ1) is 7.70. The van der Waals surface area contributed by atoms with Crippen molar-refractivity contribution in [1.82, 2.24) is 0 Å². The van der Waals surface area contributed by atoms with Crippen molar-refractivity contribution in [3.63, 3.8) is 0 Å². The van der Waals surface area contributed by atoms with E-state index in [1.54, 1.807) is 18.2 Å². The molecule has 2 N–H and O–H groups in total. The van der Waals surface area contributed by atoms with Gasteiger partial charge in [-0.2, -0.15) is 0 Å². The molecule has 1 nitrogen and oxygen atoms in total. The summed E-state index contributed by atoms with van der Waals surface area (Å²) in [6.45, 7) is 0. The normalized spacial score (nSPS) is 19.7. The third-order valence-electron chi connectivity index (χ3n) is 3.50. The van der Waals surface area contributed by atoms with E-state index in [1.807, 2.05) is 0 Å². The minimum atomic E-state index is -0.345. The first-order valence-electron chi connectivity index (χ1n) is 5.89. The number of hydrogen-bond donors (Lipinski definition) is 1. The summed E-state index contributed by atoms with van der Waals surface area (Å²) in [5.74, 6) is 0.0592. The van der Waals surface area contributed by atoms with Gasteiger partial charge < -0.3 is 5.73 Å². The van der Waals surface area contributed by atoms with Gasteiger partial charge in [0.15, 0.2) is 0 Å². The zero-order valence-electron chi connectivity index (χ0n) is 9.26. The van der Waals surface area contributed by atoms with Crippen LogP contribution >= 0.6 is 11.6 Å². The van der Waals surface area contributed by atoms with Crippen LogP contribution < -0.4 is 5.73 Å². The summed E-state index contributed by atoms with van der Waals surface area (Å²) in [6.07, 6.45) is 5.91. The van der Waals surface area contributed by atoms with Crippen LogP contribution in [0.2, 0.25) is 5.02 Å². The van der Waals surface area contributed by atoms with Crippen LogP contribution in [0.15, 0.2) is 18.2 Å². The fraction of sp³-hybridized carbons (Fsp3) is 0.538. The van der Waals surface area contributed by atoms with E-state index in [2.05, 4.69) is 0 Å². The van der Waals surface area contributed by atoms with Gasteiger partial charge in [-0.25, -0.2) is 4.39 Å². The minimum Gasteiger partial charge on any atom is -0.324 e. The lowest BCUT2D eigenvalue weighted by Gasteiger charge is -2.28. The molecule has 2 rings (SSSR count). The van der Waals surface area contributed by atoms with E-state index < -0.39 is 0 Å². The highest BCUT2D eigenvalue weighted by Gasteiger charge is 2.24. The van der Waals surface area contributed by atoms with Gasteiger partial charge in [-0.05, 0) is 24.8 Å². The minimum absolute atomic E-state index is 0.170. The molecule has 0 heterocycles. The zero-order chi connectivity index (χ0) is 11.5. The van der Waals surface area contributed by atoms with Crippen molar-refractivity contribution in [1.29, 1.82) is 0 Å². The summed E-state index contributed by atoms with van der Waals surface area (Å²) >= 11 is 5.77. The van der Waals surface area contributed by atoms with Crippen LogP contribution in [0.25, 0.3) is 0 Å². The highest BCUT2D eigenvalue weighted by Crippen LogP contribution is 2.34. The Morgan fingerprint density at radius 2 is 1.94 bits per heavy atom. The SMILES string of the molecule is N[C@@H](c1cccc(Cl)c1F)C1CCCCC1. The second kappa shape index (κ2) is 5.15. The van der Waals surface area contributed by atoms with Gasteiger partial charge in [0.25, 0.3) is 0 Å². The maximum absolute atomic E-state index is 13.8. The predicted molar refractivity (Wildman–Crippen MR) is 64.9 cm³/mol. The van der Waals surface area contributed by atoms with Crippen LogP contribution in [0, 0.1) is 11.7 Å². The number of halogens is 2. The van der Waals surface area contributed by atoms with Crippen molar-refractivity contribution in [3.05, 3.63) is 34.6 Å². The standard InChI is InChI=1S/C13H17ClFN/c14-11-8-4-7-10(12(11)15)13(16)9-5-2-1-3-6-9/h4,7-9,13H,1-3,5-6,16H2/t13-/m1/s1. The van der Waals surface area contributed by atoms with E-state index >= 15 is 0 Å². The molecule has 1 fully saturated rings. The van der Waals surface area contributed by atoms with E-state index in [0.29, 0.717) is 11.5 Å². The molecule has 1 aromatic carbocycles. The molecular weight excluding hydrogens is 225 g/mol. The molecule has 3 heteroatoms. The Balaban J connectivity index is 2.19. The van der Waals surface area contributed by atoms with Crippen molar-refractivity contribution in [2.45, 2.75) is 38.1 Å². The van der Waals surface area contributed by atoms with Gasteiger partial charge in [-0.1, -0.05) is 43.0 Å². The second-order valence-electron chi connectivity index (χ2n) is 4.57. The van der Waals surface area contributed by atoms with Crippen molar-refractivity contribution in [2.75, 3.05) is 0 Å². The van der Waals surface area contributed by atoms with Crippen LogP contribution in [0.3, 0.4) is 0 Å². The molecule has 0 radical (unpaired) electrons. The smallest absolute Gasteiger partial charge is 0.146 e. The Morgan fingerprint density at radius 3 is 2.62 bits per heavy atom. The molecule has 1 aliphatic carbocycles. The molecule has 0 spiro atoms. The van der Waals surface area contributed by atoms with Gasteiger partial charge in [0.05, 0.1) is 5.02 Å². The first-order valence-corrected chi connectivity index (χ1v) is 6.27. The van der Waals surface area contributed by atoms with E-state index in [1.165, 1.54) is 19.3 Å². The molecule has 0 aromatic heterocycles. The number of nitrogens with two attached hydrogens (primary N) is 1. The van der Waals surface area contributed by atoms with Gasteiger partial charge in [-0.3, -0.25) is 0 Å². The zero-order valence-corrected chi connectivity index (χ0v) is 10.0. The molecule has 1 aliphatic rings. The molecule has 16 heavy (non-hydrogen) atoms. The Bertz CT molecular complexity index is 361. The van der Waals surface area contributed by atoms with Gasteiger partial charge in [0, 0.05) is 11.6 Å². The lowest BCUT2D eigenvalue weighted by molar-refractivity contribution is 0.303. The van der Waals surface area contributed by atoms with Crippen molar-refractivity contribution in [2.24, 2.45) is 11.7 Å². The summed E-state index contributed by atoms with van der Waals surface area (Å²) in [5.41, 5.74) is 6.71. The van der Waals surface area contributed by atoms with Gasteiger partial charge in [0.2, 0.25) is 0 Å². The number of benzene rings is 1. The molecule has 0 amide bonds. The molecule has 0 unspecified atom stereocenters. The summed E-state index contributed by atoms with van der Waals surface area (Å²) in [5, 5.41) is 0.170. The fourth-order valence-corrected chi connectivity index (χ4v) is 2.71.